The number of hydrogen-bond donors (Lipinski definition) is 3. The summed E-state index contributed by atoms with van der Waals surface area (Å²) < 4.78 is 39.0. The second kappa shape index (κ2) is 5.03. The number of amides is 1. The van der Waals surface area contributed by atoms with Crippen molar-refractivity contribution in [1.29, 1.82) is 0 Å². The number of fused-ring (bicyclic) bond motifs is 1. The van der Waals surface area contributed by atoms with Gasteiger partial charge in [-0.1, -0.05) is 0 Å². The van der Waals surface area contributed by atoms with E-state index in [9.17, 15) is 18.0 Å². The Bertz CT molecular complexity index is 685. The summed E-state index contributed by atoms with van der Waals surface area (Å²) >= 11 is 0. The van der Waals surface area contributed by atoms with Crippen molar-refractivity contribution >= 4 is 16.9 Å². The molecule has 0 saturated carbocycles. The number of nitrogens with one attached hydrogen (secondary N) is 3. The second-order valence-corrected chi connectivity index (χ2v) is 5.06. The Morgan fingerprint density at radius 1 is 1.48 bits per heavy atom. The van der Waals surface area contributed by atoms with Crippen LogP contribution < -0.4 is 10.6 Å². The molecular formula is C13H13F3N4O. The molecule has 0 spiro atoms. The average Bonchev–Trinajstić information content (AvgIpc) is 2.98. The lowest BCUT2D eigenvalue weighted by Crippen LogP contribution is -2.40. The Morgan fingerprint density at radius 3 is 3.00 bits per heavy atom. The van der Waals surface area contributed by atoms with E-state index < -0.39 is 30.8 Å². The van der Waals surface area contributed by atoms with Crippen molar-refractivity contribution in [2.45, 2.75) is 24.9 Å². The van der Waals surface area contributed by atoms with Crippen LogP contribution in [0.1, 0.15) is 12.2 Å². The Kier molecular flexibility index (Phi) is 3.32. The number of H-pyrrole nitrogens is 1. The van der Waals surface area contributed by atoms with E-state index in [0.717, 1.165) is 0 Å². The maximum atomic E-state index is 13.0. The molecule has 0 radical (unpaired) electrons. The zero-order valence-electron chi connectivity index (χ0n) is 10.9. The van der Waals surface area contributed by atoms with Gasteiger partial charge < -0.3 is 10.3 Å². The maximum absolute atomic E-state index is 13.0. The number of carbonyl (C=O) groups excluding carboxylic acids is 1. The van der Waals surface area contributed by atoms with Crippen molar-refractivity contribution in [2.75, 3.05) is 6.54 Å². The summed E-state index contributed by atoms with van der Waals surface area (Å²) in [6.07, 6.45) is -0.510. The largest absolute Gasteiger partial charge is 0.348 e. The monoisotopic (exact) mass is 298 g/mol. The van der Waals surface area contributed by atoms with E-state index in [1.165, 1.54) is 18.2 Å². The van der Waals surface area contributed by atoms with Crippen LogP contribution in [0.25, 0.3) is 11.0 Å². The van der Waals surface area contributed by atoms with Gasteiger partial charge in [0.15, 0.2) is 0 Å². The minimum absolute atomic E-state index is 0.0683. The third-order valence-corrected chi connectivity index (χ3v) is 3.35. The van der Waals surface area contributed by atoms with Crippen LogP contribution in [0.3, 0.4) is 0 Å². The number of benzene rings is 1. The molecule has 112 valence electrons. The first kappa shape index (κ1) is 13.9. The van der Waals surface area contributed by atoms with E-state index in [1.54, 1.807) is 0 Å². The fourth-order valence-electron chi connectivity index (χ4n) is 2.31. The minimum Gasteiger partial charge on any atom is -0.348 e. The van der Waals surface area contributed by atoms with Crippen molar-refractivity contribution in [1.82, 2.24) is 20.6 Å². The molecule has 8 heteroatoms. The zero-order valence-corrected chi connectivity index (χ0v) is 10.9. The summed E-state index contributed by atoms with van der Waals surface area (Å²) in [6.45, 7) is -0.423. The minimum atomic E-state index is -2.85. The third kappa shape index (κ3) is 2.99. The fourth-order valence-corrected chi connectivity index (χ4v) is 2.31. The molecule has 2 aromatic rings. The lowest BCUT2D eigenvalue weighted by atomic mass is 10.2. The molecule has 1 fully saturated rings. The SMILES string of the molecule is O=C(NCc1nc2ccc(F)cc2[nH]1)C1CC(F)(F)CN1. The Morgan fingerprint density at radius 2 is 2.29 bits per heavy atom. The molecule has 0 bridgehead atoms. The summed E-state index contributed by atoms with van der Waals surface area (Å²) in [7, 11) is 0. The van der Waals surface area contributed by atoms with Gasteiger partial charge in [0.05, 0.1) is 30.2 Å². The van der Waals surface area contributed by atoms with Crippen LogP contribution in [0.2, 0.25) is 0 Å². The van der Waals surface area contributed by atoms with Crippen molar-refractivity contribution in [2.24, 2.45) is 0 Å². The lowest BCUT2D eigenvalue weighted by Gasteiger charge is -2.10. The van der Waals surface area contributed by atoms with Crippen LogP contribution in [0.15, 0.2) is 18.2 Å². The molecular weight excluding hydrogens is 285 g/mol. The smallest absolute Gasteiger partial charge is 0.262 e. The van der Waals surface area contributed by atoms with E-state index >= 15 is 0 Å². The summed E-state index contributed by atoms with van der Waals surface area (Å²) in [6, 6.07) is 3.20. The average molecular weight is 298 g/mol. The lowest BCUT2D eigenvalue weighted by molar-refractivity contribution is -0.123. The molecule has 1 unspecified atom stereocenters. The molecule has 21 heavy (non-hydrogen) atoms. The van der Waals surface area contributed by atoms with Crippen LogP contribution in [-0.2, 0) is 11.3 Å². The highest BCUT2D eigenvalue weighted by Crippen LogP contribution is 2.25. The van der Waals surface area contributed by atoms with E-state index in [4.69, 9.17) is 0 Å². The summed E-state index contributed by atoms with van der Waals surface area (Å²) in [4.78, 5) is 18.8. The molecule has 3 rings (SSSR count). The molecule has 3 N–H and O–H groups in total. The highest BCUT2D eigenvalue weighted by Gasteiger charge is 2.42. The normalized spacial score (nSPS) is 20.8. The predicted octanol–water partition coefficient (Wildman–Crippen LogP) is 1.32. The number of nitrogens with zero attached hydrogens (tertiary/aromatic N) is 1. The Balaban J connectivity index is 1.62. The topological polar surface area (TPSA) is 69.8 Å². The molecule has 5 nitrogen and oxygen atoms in total. The van der Waals surface area contributed by atoms with Gasteiger partial charge in [0, 0.05) is 6.42 Å². The number of hydrogen-bond acceptors (Lipinski definition) is 3. The second-order valence-electron chi connectivity index (χ2n) is 5.06. The molecule has 1 aromatic heterocycles. The predicted molar refractivity (Wildman–Crippen MR) is 69.3 cm³/mol. The van der Waals surface area contributed by atoms with Crippen LogP contribution in [0.5, 0.6) is 0 Å². The number of aromatic nitrogens is 2. The van der Waals surface area contributed by atoms with E-state index in [0.29, 0.717) is 16.9 Å². The van der Waals surface area contributed by atoms with Crippen molar-refractivity contribution in [3.63, 3.8) is 0 Å². The van der Waals surface area contributed by atoms with Gasteiger partial charge in [-0.05, 0) is 18.2 Å². The molecule has 0 aliphatic carbocycles. The number of imidazole rings is 1. The zero-order chi connectivity index (χ0) is 15.0. The molecule has 1 saturated heterocycles. The molecule has 1 aliphatic rings. The third-order valence-electron chi connectivity index (χ3n) is 3.35. The Hall–Kier alpha value is -2.09. The van der Waals surface area contributed by atoms with E-state index in [-0.39, 0.29) is 12.4 Å². The first-order valence-corrected chi connectivity index (χ1v) is 6.46. The van der Waals surface area contributed by atoms with Crippen LogP contribution in [-0.4, -0.2) is 34.4 Å². The fraction of sp³-hybridized carbons (Fsp3) is 0.385. The van der Waals surface area contributed by atoms with Crippen molar-refractivity contribution in [3.05, 3.63) is 29.8 Å². The number of aromatic amines is 1. The van der Waals surface area contributed by atoms with Crippen molar-refractivity contribution < 1.29 is 18.0 Å². The van der Waals surface area contributed by atoms with Gasteiger partial charge in [0.25, 0.3) is 5.92 Å². The van der Waals surface area contributed by atoms with Crippen LogP contribution in [0.4, 0.5) is 13.2 Å². The van der Waals surface area contributed by atoms with Crippen LogP contribution in [0, 0.1) is 5.82 Å². The highest BCUT2D eigenvalue weighted by molar-refractivity contribution is 5.82. The number of alkyl halides is 2. The summed E-state index contributed by atoms with van der Waals surface area (Å²) in [5.74, 6) is -3.30. The van der Waals surface area contributed by atoms with Gasteiger partial charge in [-0.2, -0.15) is 0 Å². The number of carbonyl (C=O) groups is 1. The summed E-state index contributed by atoms with van der Waals surface area (Å²) in [5, 5.41) is 5.01. The van der Waals surface area contributed by atoms with Gasteiger partial charge in [0.2, 0.25) is 5.91 Å². The quantitative estimate of drug-likeness (QED) is 0.800. The maximum Gasteiger partial charge on any atom is 0.262 e. The van der Waals surface area contributed by atoms with Gasteiger partial charge in [-0.15, -0.1) is 0 Å². The van der Waals surface area contributed by atoms with E-state index in [1.807, 2.05) is 0 Å². The standard InChI is InChI=1S/C13H13F3N4O/c14-7-1-2-8-9(3-7)20-11(19-8)5-17-12(21)10-4-13(15,16)6-18-10/h1-3,10,18H,4-6H2,(H,17,21)(H,19,20). The molecule has 1 aliphatic heterocycles. The molecule has 1 atom stereocenters. The molecule has 1 aromatic carbocycles. The molecule has 1 amide bonds. The van der Waals surface area contributed by atoms with Crippen LogP contribution >= 0.6 is 0 Å². The van der Waals surface area contributed by atoms with Gasteiger partial charge in [-0.3, -0.25) is 10.1 Å². The van der Waals surface area contributed by atoms with Gasteiger partial charge in [-0.25, -0.2) is 18.2 Å². The Labute approximate surface area is 117 Å². The molecule has 2 heterocycles. The van der Waals surface area contributed by atoms with Crippen molar-refractivity contribution in [3.8, 4) is 0 Å². The van der Waals surface area contributed by atoms with E-state index in [2.05, 4.69) is 20.6 Å². The first-order chi connectivity index (χ1) is 9.93. The van der Waals surface area contributed by atoms with Gasteiger partial charge >= 0.3 is 0 Å². The van der Waals surface area contributed by atoms with Gasteiger partial charge in [0.1, 0.15) is 11.6 Å². The first-order valence-electron chi connectivity index (χ1n) is 6.46. The summed E-state index contributed by atoms with van der Waals surface area (Å²) in [5.41, 5.74) is 1.09. The highest BCUT2D eigenvalue weighted by atomic mass is 19.3. The number of rotatable bonds is 3. The number of halogens is 3.